The maximum Gasteiger partial charge on any atom is 0.259 e. The van der Waals surface area contributed by atoms with Crippen LogP contribution >= 0.6 is 23.4 Å². The van der Waals surface area contributed by atoms with Gasteiger partial charge < -0.3 is 4.57 Å². The predicted octanol–water partition coefficient (Wildman–Crippen LogP) is 4.68. The van der Waals surface area contributed by atoms with Crippen LogP contribution in [0.4, 0.5) is 5.95 Å². The van der Waals surface area contributed by atoms with E-state index in [1.165, 1.54) is 0 Å². The highest BCUT2D eigenvalue weighted by molar-refractivity contribution is 7.98. The average molecular weight is 346 g/mol. The van der Waals surface area contributed by atoms with Crippen molar-refractivity contribution in [3.05, 3.63) is 53.1 Å². The fourth-order valence-electron chi connectivity index (χ4n) is 2.47. The van der Waals surface area contributed by atoms with Crippen molar-refractivity contribution in [2.45, 2.75) is 18.4 Å². The number of thioether (sulfide) groups is 1. The Morgan fingerprint density at radius 2 is 2.09 bits per heavy atom. The fourth-order valence-corrected chi connectivity index (χ4v) is 3.11. The normalized spacial score (nSPS) is 10.9. The molecule has 3 aromatic rings. The number of carbonyl (C=O) groups excluding carboxylic acids is 1. The maximum absolute atomic E-state index is 12.6. The van der Waals surface area contributed by atoms with Crippen molar-refractivity contribution in [1.82, 2.24) is 9.55 Å². The van der Waals surface area contributed by atoms with Crippen LogP contribution in [-0.2, 0) is 6.54 Å². The third kappa shape index (κ3) is 3.07. The quantitative estimate of drug-likeness (QED) is 0.698. The van der Waals surface area contributed by atoms with E-state index in [1.807, 2.05) is 48.1 Å². The molecule has 0 atom stereocenters. The van der Waals surface area contributed by atoms with Gasteiger partial charge in [0.15, 0.2) is 0 Å². The van der Waals surface area contributed by atoms with E-state index >= 15 is 0 Å². The summed E-state index contributed by atoms with van der Waals surface area (Å²) in [5.74, 6) is 0.278. The molecule has 23 heavy (non-hydrogen) atoms. The summed E-state index contributed by atoms with van der Waals surface area (Å²) < 4.78 is 1.97. The minimum absolute atomic E-state index is 0.254. The first kappa shape index (κ1) is 15.9. The molecule has 0 spiro atoms. The molecule has 3 rings (SSSR count). The van der Waals surface area contributed by atoms with E-state index in [2.05, 4.69) is 10.3 Å². The number of hydrogen-bond acceptors (Lipinski definition) is 3. The highest BCUT2D eigenvalue weighted by Gasteiger charge is 2.16. The molecule has 118 valence electrons. The number of nitrogens with one attached hydrogen (secondary N) is 1. The summed E-state index contributed by atoms with van der Waals surface area (Å²) >= 11 is 7.74. The Balaban J connectivity index is 1.97. The summed E-state index contributed by atoms with van der Waals surface area (Å²) in [6.07, 6.45) is 1.96. The Bertz CT molecular complexity index is 875. The minimum Gasteiger partial charge on any atom is -0.310 e. The first-order valence-electron chi connectivity index (χ1n) is 7.24. The second kappa shape index (κ2) is 6.64. The number of anilines is 1. The van der Waals surface area contributed by atoms with Gasteiger partial charge in [-0.1, -0.05) is 23.7 Å². The largest absolute Gasteiger partial charge is 0.310 e. The van der Waals surface area contributed by atoms with Gasteiger partial charge in [-0.15, -0.1) is 11.8 Å². The number of carbonyl (C=O) groups is 1. The number of para-hydroxylation sites is 2. The third-order valence-corrected chi connectivity index (χ3v) is 4.67. The van der Waals surface area contributed by atoms with Gasteiger partial charge in [0, 0.05) is 11.4 Å². The molecule has 0 aliphatic carbocycles. The Morgan fingerprint density at radius 3 is 2.83 bits per heavy atom. The summed E-state index contributed by atoms with van der Waals surface area (Å²) in [5.41, 5.74) is 2.30. The lowest BCUT2D eigenvalue weighted by atomic mass is 10.2. The van der Waals surface area contributed by atoms with Crippen molar-refractivity contribution in [1.29, 1.82) is 0 Å². The van der Waals surface area contributed by atoms with Crippen LogP contribution in [-0.4, -0.2) is 21.7 Å². The maximum atomic E-state index is 12.6. The molecule has 0 aliphatic heterocycles. The molecule has 0 aliphatic rings. The number of rotatable bonds is 4. The lowest BCUT2D eigenvalue weighted by molar-refractivity contribution is 0.102. The molecule has 1 heterocycles. The molecule has 0 unspecified atom stereocenters. The SMILES string of the molecule is CCn1c(NC(=O)c2cc(SC)ccc2Cl)nc2ccccc21. The van der Waals surface area contributed by atoms with E-state index in [0.717, 1.165) is 15.9 Å². The molecule has 1 amide bonds. The van der Waals surface area contributed by atoms with Gasteiger partial charge in [-0.2, -0.15) is 0 Å². The van der Waals surface area contributed by atoms with Crippen LogP contribution in [0.25, 0.3) is 11.0 Å². The molecule has 1 aromatic heterocycles. The monoisotopic (exact) mass is 345 g/mol. The van der Waals surface area contributed by atoms with Crippen LogP contribution < -0.4 is 5.32 Å². The molecule has 1 N–H and O–H groups in total. The zero-order chi connectivity index (χ0) is 16.4. The van der Waals surface area contributed by atoms with E-state index in [4.69, 9.17) is 11.6 Å². The van der Waals surface area contributed by atoms with Crippen LogP contribution in [0.1, 0.15) is 17.3 Å². The van der Waals surface area contributed by atoms with Crippen LogP contribution in [0.15, 0.2) is 47.4 Å². The van der Waals surface area contributed by atoms with Crippen molar-refractivity contribution in [2.75, 3.05) is 11.6 Å². The number of nitrogens with zero attached hydrogens (tertiary/aromatic N) is 2. The van der Waals surface area contributed by atoms with Crippen molar-refractivity contribution in [2.24, 2.45) is 0 Å². The molecular weight excluding hydrogens is 330 g/mol. The fraction of sp³-hybridized carbons (Fsp3) is 0.176. The van der Waals surface area contributed by atoms with Gasteiger partial charge in [0.1, 0.15) is 0 Å². The summed E-state index contributed by atoms with van der Waals surface area (Å²) in [5, 5.41) is 3.31. The Morgan fingerprint density at radius 1 is 1.30 bits per heavy atom. The zero-order valence-electron chi connectivity index (χ0n) is 12.8. The highest BCUT2D eigenvalue weighted by atomic mass is 35.5. The van der Waals surface area contributed by atoms with Crippen LogP contribution in [0.3, 0.4) is 0 Å². The smallest absolute Gasteiger partial charge is 0.259 e. The van der Waals surface area contributed by atoms with Gasteiger partial charge in [0.25, 0.3) is 5.91 Å². The van der Waals surface area contributed by atoms with Gasteiger partial charge in [-0.25, -0.2) is 4.98 Å². The molecule has 0 bridgehead atoms. The molecule has 0 radical (unpaired) electrons. The molecule has 0 saturated heterocycles. The zero-order valence-corrected chi connectivity index (χ0v) is 14.4. The van der Waals surface area contributed by atoms with Crippen LogP contribution in [0.2, 0.25) is 5.02 Å². The van der Waals surface area contributed by atoms with Gasteiger partial charge >= 0.3 is 0 Å². The summed E-state index contributed by atoms with van der Waals surface area (Å²) in [6.45, 7) is 2.74. The standard InChI is InChI=1S/C17H16ClN3OS/c1-3-21-15-7-5-4-6-14(15)19-17(21)20-16(22)12-10-11(23-2)8-9-13(12)18/h4-10H,3H2,1-2H3,(H,19,20,22). The van der Waals surface area contributed by atoms with E-state index in [1.54, 1.807) is 23.9 Å². The number of hydrogen-bond donors (Lipinski definition) is 1. The van der Waals surface area contributed by atoms with Crippen molar-refractivity contribution >= 4 is 46.3 Å². The number of imidazole rings is 1. The predicted molar refractivity (Wildman–Crippen MR) is 96.6 cm³/mol. The second-order valence-electron chi connectivity index (χ2n) is 4.97. The Labute approximate surface area is 143 Å². The van der Waals surface area contributed by atoms with Crippen molar-refractivity contribution < 1.29 is 4.79 Å². The van der Waals surface area contributed by atoms with E-state index in [0.29, 0.717) is 23.1 Å². The lowest BCUT2D eigenvalue weighted by Gasteiger charge is -2.09. The first-order valence-corrected chi connectivity index (χ1v) is 8.84. The Hall–Kier alpha value is -1.98. The highest BCUT2D eigenvalue weighted by Crippen LogP contribution is 2.25. The Kier molecular flexibility index (Phi) is 4.59. The number of aryl methyl sites for hydroxylation is 1. The molecule has 0 fully saturated rings. The molecule has 0 saturated carbocycles. The molecule has 6 heteroatoms. The molecule has 2 aromatic carbocycles. The van der Waals surface area contributed by atoms with Gasteiger partial charge in [-0.05, 0) is 43.5 Å². The van der Waals surface area contributed by atoms with Gasteiger partial charge in [-0.3, -0.25) is 10.1 Å². The molecule has 4 nitrogen and oxygen atoms in total. The van der Waals surface area contributed by atoms with Gasteiger partial charge in [0.2, 0.25) is 5.95 Å². The number of fused-ring (bicyclic) bond motifs is 1. The minimum atomic E-state index is -0.254. The van der Waals surface area contributed by atoms with Gasteiger partial charge in [0.05, 0.1) is 21.6 Å². The topological polar surface area (TPSA) is 46.9 Å². The van der Waals surface area contributed by atoms with Crippen LogP contribution in [0, 0.1) is 0 Å². The average Bonchev–Trinajstić information content (AvgIpc) is 2.92. The van der Waals surface area contributed by atoms with E-state index < -0.39 is 0 Å². The summed E-state index contributed by atoms with van der Waals surface area (Å²) in [4.78, 5) is 18.1. The summed E-state index contributed by atoms with van der Waals surface area (Å²) in [6, 6.07) is 13.2. The molecular formula is C17H16ClN3OS. The third-order valence-electron chi connectivity index (χ3n) is 3.61. The van der Waals surface area contributed by atoms with Crippen molar-refractivity contribution in [3.8, 4) is 0 Å². The number of benzene rings is 2. The van der Waals surface area contributed by atoms with E-state index in [9.17, 15) is 4.79 Å². The van der Waals surface area contributed by atoms with Crippen molar-refractivity contribution in [3.63, 3.8) is 0 Å². The number of amides is 1. The van der Waals surface area contributed by atoms with Crippen LogP contribution in [0.5, 0.6) is 0 Å². The second-order valence-corrected chi connectivity index (χ2v) is 6.26. The number of halogens is 1. The van der Waals surface area contributed by atoms with E-state index in [-0.39, 0.29) is 5.91 Å². The first-order chi connectivity index (χ1) is 11.1. The lowest BCUT2D eigenvalue weighted by Crippen LogP contribution is -2.16. The summed E-state index contributed by atoms with van der Waals surface area (Å²) in [7, 11) is 0. The number of aromatic nitrogens is 2.